The first-order chi connectivity index (χ1) is 3.31. The molecular weight excluding hydrogens is 84.1 g/mol. The monoisotopic (exact) mass is 98.1 g/mol. The summed E-state index contributed by atoms with van der Waals surface area (Å²) in [6, 6.07) is 0. The van der Waals surface area contributed by atoms with E-state index in [9.17, 15) is 0 Å². The number of hydrogen-bond acceptors (Lipinski definition) is 0. The molecule has 0 aliphatic heterocycles. The standard InChI is InChI=1S/C7H14/c1-4-6-7(3)5-2/h7H,4-5H2,1-3H3. The van der Waals surface area contributed by atoms with Crippen LogP contribution in [0.5, 0.6) is 0 Å². The Morgan fingerprint density at radius 2 is 2.00 bits per heavy atom. The van der Waals surface area contributed by atoms with E-state index >= 15 is 0 Å². The van der Waals surface area contributed by atoms with Gasteiger partial charge in [-0.3, -0.25) is 0 Å². The fourth-order valence-electron chi connectivity index (χ4n) is 0.493. The van der Waals surface area contributed by atoms with E-state index < -0.39 is 0 Å². The lowest BCUT2D eigenvalue weighted by molar-refractivity contribution is 0.626. The van der Waals surface area contributed by atoms with E-state index in [2.05, 4.69) is 27.2 Å². The zero-order chi connectivity index (χ0) is 5.70. The van der Waals surface area contributed by atoms with Crippen molar-refractivity contribution >= 4 is 0 Å². The average molecular weight is 98.2 g/mol. The number of rotatable bonds is 3. The third-order valence-corrected chi connectivity index (χ3v) is 1.16. The molecule has 0 aliphatic rings. The highest BCUT2D eigenvalue weighted by atomic mass is 14.0. The van der Waals surface area contributed by atoms with Gasteiger partial charge >= 0.3 is 0 Å². The topological polar surface area (TPSA) is 0 Å². The first-order valence-corrected chi connectivity index (χ1v) is 3.04. The summed E-state index contributed by atoms with van der Waals surface area (Å²) in [5.41, 5.74) is 0. The molecule has 0 heterocycles. The molecule has 42 valence electrons. The van der Waals surface area contributed by atoms with Crippen LogP contribution in [0.4, 0.5) is 0 Å². The molecule has 1 atom stereocenters. The van der Waals surface area contributed by atoms with Crippen LogP contribution in [0.3, 0.4) is 0 Å². The van der Waals surface area contributed by atoms with Gasteiger partial charge in [-0.1, -0.05) is 27.2 Å². The van der Waals surface area contributed by atoms with Crippen molar-refractivity contribution in [2.75, 3.05) is 0 Å². The molecule has 1 unspecified atom stereocenters. The predicted octanol–water partition coefficient (Wildman–Crippen LogP) is 2.52. The van der Waals surface area contributed by atoms with Gasteiger partial charge in [-0.05, 0) is 18.8 Å². The molecule has 2 radical (unpaired) electrons. The molecule has 0 heteroatoms. The van der Waals surface area contributed by atoms with Gasteiger partial charge in [0, 0.05) is 0 Å². The molecule has 0 aromatic heterocycles. The quantitative estimate of drug-likeness (QED) is 0.509. The molecule has 0 amide bonds. The maximum atomic E-state index is 3.30. The lowest BCUT2D eigenvalue weighted by Crippen LogP contribution is -1.89. The van der Waals surface area contributed by atoms with Crippen molar-refractivity contribution in [1.82, 2.24) is 0 Å². The molecule has 0 fully saturated rings. The van der Waals surface area contributed by atoms with Crippen LogP contribution in [0.15, 0.2) is 0 Å². The zero-order valence-electron chi connectivity index (χ0n) is 5.49. The molecule has 0 saturated heterocycles. The first-order valence-electron chi connectivity index (χ1n) is 3.04. The fourth-order valence-corrected chi connectivity index (χ4v) is 0.493. The van der Waals surface area contributed by atoms with Gasteiger partial charge in [0.25, 0.3) is 0 Å². The molecule has 0 spiro atoms. The second-order valence-corrected chi connectivity index (χ2v) is 1.87. The summed E-state index contributed by atoms with van der Waals surface area (Å²) in [6.45, 7) is 6.52. The Balaban J connectivity index is 2.83. The summed E-state index contributed by atoms with van der Waals surface area (Å²) in [5.74, 6) is 0.699. The molecule has 0 aliphatic carbocycles. The fraction of sp³-hybridized carbons (Fsp3) is 0.857. The van der Waals surface area contributed by atoms with E-state index in [1.54, 1.807) is 0 Å². The lowest BCUT2D eigenvalue weighted by atomic mass is 10.0. The molecule has 0 aromatic rings. The van der Waals surface area contributed by atoms with Crippen LogP contribution in [0.1, 0.15) is 33.6 Å². The normalized spacial score (nSPS) is 14.1. The van der Waals surface area contributed by atoms with Crippen molar-refractivity contribution in [2.45, 2.75) is 33.6 Å². The van der Waals surface area contributed by atoms with Crippen molar-refractivity contribution < 1.29 is 0 Å². The van der Waals surface area contributed by atoms with Gasteiger partial charge in [0.05, 0.1) is 0 Å². The average Bonchev–Trinajstić information content (AvgIpc) is 1.68. The highest BCUT2D eigenvalue weighted by Gasteiger charge is 1.93. The Hall–Kier alpha value is 0. The first kappa shape index (κ1) is 7.00. The van der Waals surface area contributed by atoms with Crippen molar-refractivity contribution in [1.29, 1.82) is 0 Å². The van der Waals surface area contributed by atoms with Crippen LogP contribution in [0, 0.1) is 12.3 Å². The highest BCUT2D eigenvalue weighted by molar-refractivity contribution is 4.67. The smallest absolute Gasteiger partial charge is 0.0145 e. The van der Waals surface area contributed by atoms with Crippen LogP contribution < -0.4 is 0 Å². The maximum absolute atomic E-state index is 3.30. The largest absolute Gasteiger partial charge is 0.0651 e. The van der Waals surface area contributed by atoms with Crippen LogP contribution in [0.2, 0.25) is 0 Å². The summed E-state index contributed by atoms with van der Waals surface area (Å²) < 4.78 is 0. The van der Waals surface area contributed by atoms with Gasteiger partial charge in [0.15, 0.2) is 0 Å². The predicted molar refractivity (Wildman–Crippen MR) is 33.0 cm³/mol. The summed E-state index contributed by atoms with van der Waals surface area (Å²) in [7, 11) is 0. The zero-order valence-corrected chi connectivity index (χ0v) is 5.49. The molecule has 0 rings (SSSR count). The van der Waals surface area contributed by atoms with Crippen LogP contribution >= 0.6 is 0 Å². The Morgan fingerprint density at radius 3 is 2.14 bits per heavy atom. The summed E-state index contributed by atoms with van der Waals surface area (Å²) >= 11 is 0. The second kappa shape index (κ2) is 4.17. The second-order valence-electron chi connectivity index (χ2n) is 1.87. The van der Waals surface area contributed by atoms with Crippen LogP contribution in [0.25, 0.3) is 0 Å². The third kappa shape index (κ3) is 3.84. The van der Waals surface area contributed by atoms with Gasteiger partial charge in [0.1, 0.15) is 0 Å². The lowest BCUT2D eigenvalue weighted by Gasteiger charge is -2.01. The molecule has 7 heavy (non-hydrogen) atoms. The molecule has 0 saturated carbocycles. The maximum Gasteiger partial charge on any atom is -0.0145 e. The Bertz CT molecular complexity index is 31.0. The van der Waals surface area contributed by atoms with Crippen LogP contribution in [-0.4, -0.2) is 0 Å². The minimum absolute atomic E-state index is 0.699. The Kier molecular flexibility index (Phi) is 4.17. The molecule has 0 nitrogen and oxygen atoms in total. The SMILES string of the molecule is CC[C]C(C)CC. The highest BCUT2D eigenvalue weighted by Crippen LogP contribution is 2.05. The third-order valence-electron chi connectivity index (χ3n) is 1.16. The molecule has 0 aromatic carbocycles. The number of hydrogen-bond donors (Lipinski definition) is 0. The Morgan fingerprint density at radius 1 is 1.43 bits per heavy atom. The van der Waals surface area contributed by atoms with E-state index in [1.165, 1.54) is 6.42 Å². The molecule has 0 N–H and O–H groups in total. The summed E-state index contributed by atoms with van der Waals surface area (Å²) in [4.78, 5) is 0. The van der Waals surface area contributed by atoms with Gasteiger partial charge in [-0.2, -0.15) is 0 Å². The van der Waals surface area contributed by atoms with Gasteiger partial charge in [-0.25, -0.2) is 0 Å². The van der Waals surface area contributed by atoms with Gasteiger partial charge < -0.3 is 0 Å². The van der Waals surface area contributed by atoms with Crippen molar-refractivity contribution in [2.24, 2.45) is 5.92 Å². The van der Waals surface area contributed by atoms with E-state index in [0.717, 1.165) is 6.42 Å². The van der Waals surface area contributed by atoms with Gasteiger partial charge in [0.2, 0.25) is 0 Å². The van der Waals surface area contributed by atoms with E-state index in [-0.39, 0.29) is 0 Å². The Labute approximate surface area is 46.9 Å². The molecule has 0 bridgehead atoms. The summed E-state index contributed by atoms with van der Waals surface area (Å²) in [5, 5.41) is 0. The summed E-state index contributed by atoms with van der Waals surface area (Å²) in [6.07, 6.45) is 5.62. The van der Waals surface area contributed by atoms with Crippen LogP contribution in [-0.2, 0) is 0 Å². The van der Waals surface area contributed by atoms with E-state index in [4.69, 9.17) is 0 Å². The minimum Gasteiger partial charge on any atom is -0.0651 e. The van der Waals surface area contributed by atoms with Gasteiger partial charge in [-0.15, -0.1) is 0 Å². The van der Waals surface area contributed by atoms with Crippen molar-refractivity contribution in [3.8, 4) is 0 Å². The minimum atomic E-state index is 0.699. The van der Waals surface area contributed by atoms with E-state index in [1.807, 2.05) is 0 Å². The van der Waals surface area contributed by atoms with Crippen molar-refractivity contribution in [3.63, 3.8) is 0 Å². The van der Waals surface area contributed by atoms with Crippen molar-refractivity contribution in [3.05, 3.63) is 6.42 Å². The molecular formula is C7H14. The van der Waals surface area contributed by atoms with E-state index in [0.29, 0.717) is 5.92 Å².